The Morgan fingerprint density at radius 3 is 2.81 bits per heavy atom. The number of oxazole rings is 1. The predicted octanol–water partition coefficient (Wildman–Crippen LogP) is 3.86. The van der Waals surface area contributed by atoms with Gasteiger partial charge >= 0.3 is 0 Å². The molecule has 0 unspecified atom stereocenters. The Kier molecular flexibility index (Phi) is 3.34. The molecule has 7 nitrogen and oxygen atoms in total. The average Bonchev–Trinajstić information content (AvgIpc) is 3.36. The van der Waals surface area contributed by atoms with Crippen molar-refractivity contribution >= 4 is 33.7 Å². The first kappa shape index (κ1) is 16.0. The third-order valence-electron chi connectivity index (χ3n) is 4.98. The van der Waals surface area contributed by atoms with Crippen LogP contribution in [0, 0.1) is 13.8 Å². The second kappa shape index (κ2) is 5.64. The van der Waals surface area contributed by atoms with E-state index in [2.05, 4.69) is 15.4 Å². The van der Waals surface area contributed by atoms with E-state index < -0.39 is 0 Å². The largest absolute Gasteiger partial charge is 0.441 e. The highest BCUT2D eigenvalue weighted by molar-refractivity contribution is 6.13. The molecule has 7 heteroatoms. The van der Waals surface area contributed by atoms with Gasteiger partial charge in [0.2, 0.25) is 0 Å². The van der Waals surface area contributed by atoms with Gasteiger partial charge in [-0.1, -0.05) is 0 Å². The van der Waals surface area contributed by atoms with E-state index in [4.69, 9.17) is 9.40 Å². The molecule has 0 saturated heterocycles. The molecular weight excluding hydrogens is 342 g/mol. The van der Waals surface area contributed by atoms with Gasteiger partial charge in [0.05, 0.1) is 16.6 Å². The van der Waals surface area contributed by atoms with Gasteiger partial charge in [0.15, 0.2) is 17.1 Å². The van der Waals surface area contributed by atoms with Crippen LogP contribution in [0.25, 0.3) is 22.1 Å². The fraction of sp³-hybridized carbons (Fsp3) is 0.300. The molecule has 1 saturated carbocycles. The van der Waals surface area contributed by atoms with Crippen LogP contribution in [0.2, 0.25) is 0 Å². The van der Waals surface area contributed by atoms with Crippen molar-refractivity contribution < 1.29 is 9.21 Å². The highest BCUT2D eigenvalue weighted by Crippen LogP contribution is 2.40. The van der Waals surface area contributed by atoms with Crippen LogP contribution in [0.3, 0.4) is 0 Å². The lowest BCUT2D eigenvalue weighted by Crippen LogP contribution is -2.13. The van der Waals surface area contributed by atoms with E-state index in [0.717, 1.165) is 40.8 Å². The summed E-state index contributed by atoms with van der Waals surface area (Å²) in [5.41, 5.74) is 5.25. The molecule has 3 aromatic heterocycles. The smallest absolute Gasteiger partial charge is 0.256 e. The van der Waals surface area contributed by atoms with Crippen LogP contribution in [0.4, 0.5) is 5.69 Å². The van der Waals surface area contributed by atoms with Crippen LogP contribution < -0.4 is 5.32 Å². The molecule has 1 N–H and O–H groups in total. The van der Waals surface area contributed by atoms with Gasteiger partial charge in [0, 0.05) is 31.3 Å². The lowest BCUT2D eigenvalue weighted by molar-refractivity contribution is 0.102. The van der Waals surface area contributed by atoms with Crippen molar-refractivity contribution in [3.8, 4) is 0 Å². The van der Waals surface area contributed by atoms with E-state index in [-0.39, 0.29) is 5.91 Å². The number of hydrogen-bond acceptors (Lipinski definition) is 5. The first-order chi connectivity index (χ1) is 13.0. The van der Waals surface area contributed by atoms with E-state index in [1.54, 1.807) is 11.6 Å². The lowest BCUT2D eigenvalue weighted by atomic mass is 10.1. The first-order valence-corrected chi connectivity index (χ1v) is 9.02. The summed E-state index contributed by atoms with van der Waals surface area (Å²) in [4.78, 5) is 22.2. The summed E-state index contributed by atoms with van der Waals surface area (Å²) in [6, 6.07) is 7.38. The molecule has 1 aromatic carbocycles. The summed E-state index contributed by atoms with van der Waals surface area (Å²) in [5, 5.41) is 8.25. The summed E-state index contributed by atoms with van der Waals surface area (Å²) in [6.07, 6.45) is 2.25. The molecule has 5 rings (SSSR count). The monoisotopic (exact) mass is 361 g/mol. The van der Waals surface area contributed by atoms with Crippen molar-refractivity contribution in [2.24, 2.45) is 7.05 Å². The number of benzene rings is 1. The van der Waals surface area contributed by atoms with E-state index in [1.165, 1.54) is 0 Å². The number of amides is 1. The zero-order chi connectivity index (χ0) is 18.7. The van der Waals surface area contributed by atoms with E-state index in [9.17, 15) is 4.79 Å². The fourth-order valence-corrected chi connectivity index (χ4v) is 3.55. The Bertz CT molecular complexity index is 1220. The molecule has 0 bridgehead atoms. The molecular formula is C20H19N5O2. The number of anilines is 1. The molecule has 1 aliphatic rings. The molecule has 0 spiro atoms. The molecule has 136 valence electrons. The minimum atomic E-state index is -0.167. The zero-order valence-electron chi connectivity index (χ0n) is 15.4. The van der Waals surface area contributed by atoms with Crippen LogP contribution in [0.15, 0.2) is 28.7 Å². The van der Waals surface area contributed by atoms with Gasteiger partial charge in [0.1, 0.15) is 5.52 Å². The standard InChI is InChI=1S/C20H19N5O2/c1-10-18-14(9-15(12-4-5-12)23-19(18)25(3)24-10)20(26)22-13-6-7-17-16(8-13)21-11(2)27-17/h6-9,12H,4-5H2,1-3H3,(H,22,26). The quantitative estimate of drug-likeness (QED) is 0.599. The number of aryl methyl sites for hydroxylation is 3. The summed E-state index contributed by atoms with van der Waals surface area (Å²) < 4.78 is 7.24. The molecule has 0 aliphatic heterocycles. The Labute approximate surface area is 155 Å². The van der Waals surface area contributed by atoms with Gasteiger partial charge in [-0.3, -0.25) is 9.48 Å². The van der Waals surface area contributed by atoms with Crippen molar-refractivity contribution in [1.29, 1.82) is 0 Å². The molecule has 1 aliphatic carbocycles. The minimum absolute atomic E-state index is 0.167. The SMILES string of the molecule is Cc1nc2cc(NC(=O)c3cc(C4CC4)nc4c3c(C)nn4C)ccc2o1. The Morgan fingerprint density at radius 2 is 2.04 bits per heavy atom. The molecule has 0 radical (unpaired) electrons. The van der Waals surface area contributed by atoms with Gasteiger partial charge in [-0.2, -0.15) is 5.10 Å². The first-order valence-electron chi connectivity index (χ1n) is 9.02. The van der Waals surface area contributed by atoms with E-state index >= 15 is 0 Å². The Morgan fingerprint density at radius 1 is 1.22 bits per heavy atom. The van der Waals surface area contributed by atoms with Crippen LogP contribution in [-0.4, -0.2) is 25.7 Å². The summed E-state index contributed by atoms with van der Waals surface area (Å²) >= 11 is 0. The third-order valence-corrected chi connectivity index (χ3v) is 4.98. The molecule has 1 fully saturated rings. The number of fused-ring (bicyclic) bond motifs is 2. The predicted molar refractivity (Wildman–Crippen MR) is 102 cm³/mol. The lowest BCUT2D eigenvalue weighted by Gasteiger charge is -2.09. The average molecular weight is 361 g/mol. The maximum atomic E-state index is 13.1. The van der Waals surface area contributed by atoms with Gasteiger partial charge in [-0.05, 0) is 44.0 Å². The number of nitrogens with one attached hydrogen (secondary N) is 1. The Balaban J connectivity index is 1.57. The fourth-order valence-electron chi connectivity index (χ4n) is 3.55. The number of hydrogen-bond donors (Lipinski definition) is 1. The van der Waals surface area contributed by atoms with Crippen LogP contribution in [-0.2, 0) is 7.05 Å². The summed E-state index contributed by atoms with van der Waals surface area (Å²) in [6.45, 7) is 3.71. The second-order valence-electron chi connectivity index (χ2n) is 7.15. The van der Waals surface area contributed by atoms with Crippen molar-refractivity contribution in [1.82, 2.24) is 19.7 Å². The van der Waals surface area contributed by atoms with E-state index in [1.807, 2.05) is 38.2 Å². The highest BCUT2D eigenvalue weighted by Gasteiger charge is 2.28. The van der Waals surface area contributed by atoms with Crippen LogP contribution in [0.5, 0.6) is 0 Å². The summed E-state index contributed by atoms with van der Waals surface area (Å²) in [5.74, 6) is 0.884. The second-order valence-corrected chi connectivity index (χ2v) is 7.15. The van der Waals surface area contributed by atoms with Crippen molar-refractivity contribution in [3.63, 3.8) is 0 Å². The van der Waals surface area contributed by atoms with Gasteiger partial charge in [-0.25, -0.2) is 9.97 Å². The van der Waals surface area contributed by atoms with Gasteiger partial charge in [0.25, 0.3) is 5.91 Å². The maximum absolute atomic E-state index is 13.1. The topological polar surface area (TPSA) is 85.8 Å². The minimum Gasteiger partial charge on any atom is -0.441 e. The molecule has 1 amide bonds. The van der Waals surface area contributed by atoms with E-state index in [0.29, 0.717) is 28.6 Å². The van der Waals surface area contributed by atoms with Crippen LogP contribution in [0.1, 0.15) is 46.4 Å². The number of aromatic nitrogens is 4. The summed E-state index contributed by atoms with van der Waals surface area (Å²) in [7, 11) is 1.86. The number of rotatable bonds is 3. The molecule has 27 heavy (non-hydrogen) atoms. The number of nitrogens with zero attached hydrogens (tertiary/aromatic N) is 4. The maximum Gasteiger partial charge on any atom is 0.256 e. The van der Waals surface area contributed by atoms with Crippen LogP contribution >= 0.6 is 0 Å². The number of pyridine rings is 1. The molecule has 4 aromatic rings. The third kappa shape index (κ3) is 2.66. The Hall–Kier alpha value is -3.22. The number of carbonyl (C=O) groups excluding carboxylic acids is 1. The van der Waals surface area contributed by atoms with Crippen molar-refractivity contribution in [2.45, 2.75) is 32.6 Å². The van der Waals surface area contributed by atoms with Crippen molar-refractivity contribution in [2.75, 3.05) is 5.32 Å². The van der Waals surface area contributed by atoms with Gasteiger partial charge < -0.3 is 9.73 Å². The van der Waals surface area contributed by atoms with Crippen molar-refractivity contribution in [3.05, 3.63) is 47.1 Å². The zero-order valence-corrected chi connectivity index (χ0v) is 15.4. The normalized spacial score (nSPS) is 14.2. The highest BCUT2D eigenvalue weighted by atomic mass is 16.3. The molecule has 0 atom stereocenters. The molecule has 3 heterocycles. The number of carbonyl (C=O) groups is 1. The van der Waals surface area contributed by atoms with Gasteiger partial charge in [-0.15, -0.1) is 0 Å².